The summed E-state index contributed by atoms with van der Waals surface area (Å²) in [5, 5.41) is 4.99. The van der Waals surface area contributed by atoms with Gasteiger partial charge in [-0.1, -0.05) is 37.5 Å². The van der Waals surface area contributed by atoms with Crippen LogP contribution in [0, 0.1) is 0 Å². The fraction of sp³-hybridized carbons (Fsp3) is 0.591. The fourth-order valence-corrected chi connectivity index (χ4v) is 5.73. The number of thioether (sulfide) groups is 1. The highest BCUT2D eigenvalue weighted by atomic mass is 35.5. The lowest BCUT2D eigenvalue weighted by Crippen LogP contribution is -2.40. The van der Waals surface area contributed by atoms with Gasteiger partial charge in [0.1, 0.15) is 5.58 Å². The summed E-state index contributed by atoms with van der Waals surface area (Å²) in [7, 11) is 0. The van der Waals surface area contributed by atoms with Crippen LogP contribution < -0.4 is 11.1 Å². The van der Waals surface area contributed by atoms with Gasteiger partial charge < -0.3 is 15.5 Å². The van der Waals surface area contributed by atoms with Crippen LogP contribution in [0.25, 0.3) is 11.0 Å². The van der Waals surface area contributed by atoms with Crippen molar-refractivity contribution in [1.29, 1.82) is 0 Å². The SMILES string of the molecule is Cl.NC1CCC(NC(=O)c2oc3ccccc3c2CSC2CCCCC2)CC1. The average molecular weight is 423 g/mol. The van der Waals surface area contributed by atoms with Crippen LogP contribution in [-0.2, 0) is 5.75 Å². The molecule has 1 amide bonds. The van der Waals surface area contributed by atoms with Crippen LogP contribution in [-0.4, -0.2) is 23.2 Å². The number of benzene rings is 1. The zero-order valence-corrected chi connectivity index (χ0v) is 18.0. The highest BCUT2D eigenvalue weighted by molar-refractivity contribution is 7.99. The Labute approximate surface area is 177 Å². The molecule has 0 atom stereocenters. The molecule has 1 aromatic heterocycles. The molecule has 3 N–H and O–H groups in total. The first-order valence-corrected chi connectivity index (χ1v) is 11.4. The smallest absolute Gasteiger partial charge is 0.287 e. The van der Waals surface area contributed by atoms with E-state index in [1.54, 1.807) is 0 Å². The summed E-state index contributed by atoms with van der Waals surface area (Å²) < 4.78 is 6.01. The van der Waals surface area contributed by atoms with E-state index in [0.29, 0.717) is 11.0 Å². The molecule has 28 heavy (non-hydrogen) atoms. The minimum atomic E-state index is -0.0640. The number of amides is 1. The summed E-state index contributed by atoms with van der Waals surface area (Å²) in [5.41, 5.74) is 7.86. The third-order valence-corrected chi connectivity index (χ3v) is 7.43. The lowest BCUT2D eigenvalue weighted by molar-refractivity contribution is 0.0899. The number of hydrogen-bond donors (Lipinski definition) is 2. The molecule has 4 rings (SSSR count). The number of fused-ring (bicyclic) bond motifs is 1. The predicted octanol–water partition coefficient (Wildman–Crippen LogP) is 5.42. The summed E-state index contributed by atoms with van der Waals surface area (Å²) in [6.45, 7) is 0. The standard InChI is InChI=1S/C22H30N2O2S.ClH/c23-15-10-12-16(13-11-15)24-22(25)21-19(14-27-17-6-2-1-3-7-17)18-8-4-5-9-20(18)26-21;/h4-5,8-9,15-17H,1-3,6-7,10-14,23H2,(H,24,25);1H. The normalized spacial score (nSPS) is 23.3. The van der Waals surface area contributed by atoms with Gasteiger partial charge in [0.25, 0.3) is 5.91 Å². The summed E-state index contributed by atoms with van der Waals surface area (Å²) in [6, 6.07) is 8.52. The van der Waals surface area contributed by atoms with Crippen molar-refractivity contribution in [2.75, 3.05) is 0 Å². The molecule has 2 aliphatic rings. The summed E-state index contributed by atoms with van der Waals surface area (Å²) in [4.78, 5) is 13.0. The van der Waals surface area contributed by atoms with Crippen LogP contribution >= 0.6 is 24.2 Å². The Balaban J connectivity index is 0.00000225. The van der Waals surface area contributed by atoms with Crippen LogP contribution in [0.5, 0.6) is 0 Å². The molecule has 0 unspecified atom stereocenters. The highest BCUT2D eigenvalue weighted by Crippen LogP contribution is 2.35. The van der Waals surface area contributed by atoms with E-state index in [1.807, 2.05) is 30.0 Å². The zero-order valence-electron chi connectivity index (χ0n) is 16.3. The third kappa shape index (κ3) is 5.05. The van der Waals surface area contributed by atoms with E-state index in [2.05, 4.69) is 11.4 Å². The maximum absolute atomic E-state index is 13.0. The van der Waals surface area contributed by atoms with Gasteiger partial charge in [-0.25, -0.2) is 0 Å². The van der Waals surface area contributed by atoms with E-state index < -0.39 is 0 Å². The maximum atomic E-state index is 13.0. The minimum absolute atomic E-state index is 0. The Morgan fingerprint density at radius 2 is 1.79 bits per heavy atom. The second kappa shape index (κ2) is 10.0. The number of para-hydroxylation sites is 1. The molecule has 1 heterocycles. The molecule has 2 aliphatic carbocycles. The first-order valence-electron chi connectivity index (χ1n) is 10.4. The molecule has 0 bridgehead atoms. The molecule has 0 aliphatic heterocycles. The number of nitrogens with two attached hydrogens (primary N) is 1. The molecular weight excluding hydrogens is 392 g/mol. The van der Waals surface area contributed by atoms with Crippen LogP contribution in [0.3, 0.4) is 0 Å². The second-order valence-electron chi connectivity index (χ2n) is 8.06. The van der Waals surface area contributed by atoms with Crippen molar-refractivity contribution in [3.05, 3.63) is 35.6 Å². The van der Waals surface area contributed by atoms with Crippen molar-refractivity contribution in [2.24, 2.45) is 5.73 Å². The van der Waals surface area contributed by atoms with Crippen LogP contribution in [0.1, 0.15) is 73.9 Å². The third-order valence-electron chi connectivity index (χ3n) is 6.03. The number of nitrogens with one attached hydrogen (secondary N) is 1. The van der Waals surface area contributed by atoms with Crippen LogP contribution in [0.2, 0.25) is 0 Å². The van der Waals surface area contributed by atoms with E-state index in [0.717, 1.165) is 48.0 Å². The lowest BCUT2D eigenvalue weighted by Gasteiger charge is -2.26. The monoisotopic (exact) mass is 422 g/mol. The summed E-state index contributed by atoms with van der Waals surface area (Å²) in [5.74, 6) is 1.29. The van der Waals surface area contributed by atoms with Crippen molar-refractivity contribution in [2.45, 2.75) is 80.9 Å². The molecule has 0 saturated heterocycles. The Morgan fingerprint density at radius 3 is 2.54 bits per heavy atom. The zero-order chi connectivity index (χ0) is 18.6. The summed E-state index contributed by atoms with van der Waals surface area (Å²) >= 11 is 1.99. The Kier molecular flexibility index (Phi) is 7.72. The van der Waals surface area contributed by atoms with E-state index in [9.17, 15) is 4.79 Å². The molecule has 1 aromatic carbocycles. The lowest BCUT2D eigenvalue weighted by atomic mass is 9.92. The number of furan rings is 1. The van der Waals surface area contributed by atoms with Crippen LogP contribution in [0.4, 0.5) is 0 Å². The van der Waals surface area contributed by atoms with Crippen LogP contribution in [0.15, 0.2) is 28.7 Å². The second-order valence-corrected chi connectivity index (χ2v) is 9.35. The van der Waals surface area contributed by atoms with Crippen molar-refractivity contribution in [3.8, 4) is 0 Å². The van der Waals surface area contributed by atoms with Gasteiger partial charge in [0.2, 0.25) is 0 Å². The van der Waals surface area contributed by atoms with Gasteiger partial charge in [-0.3, -0.25) is 4.79 Å². The Bertz CT molecular complexity index is 780. The number of carbonyl (C=O) groups excluding carboxylic acids is 1. The van der Waals surface area contributed by atoms with Crippen molar-refractivity contribution in [1.82, 2.24) is 5.32 Å². The summed E-state index contributed by atoms with van der Waals surface area (Å²) in [6.07, 6.45) is 10.5. The number of hydrogen-bond acceptors (Lipinski definition) is 4. The predicted molar refractivity (Wildman–Crippen MR) is 119 cm³/mol. The molecule has 4 nitrogen and oxygen atoms in total. The van der Waals surface area contributed by atoms with Crippen molar-refractivity contribution in [3.63, 3.8) is 0 Å². The number of halogens is 1. The minimum Gasteiger partial charge on any atom is -0.451 e. The average Bonchev–Trinajstić information content (AvgIpc) is 3.08. The maximum Gasteiger partial charge on any atom is 0.287 e. The first-order chi connectivity index (χ1) is 13.2. The first kappa shape index (κ1) is 21.5. The van der Waals surface area contributed by atoms with Gasteiger partial charge >= 0.3 is 0 Å². The Morgan fingerprint density at radius 1 is 1.07 bits per heavy atom. The molecule has 2 aromatic rings. The van der Waals surface area contributed by atoms with Gasteiger partial charge in [0.15, 0.2) is 5.76 Å². The molecule has 0 spiro atoms. The molecule has 2 fully saturated rings. The van der Waals surface area contributed by atoms with Crippen molar-refractivity contribution < 1.29 is 9.21 Å². The van der Waals surface area contributed by atoms with E-state index in [1.165, 1.54) is 32.1 Å². The van der Waals surface area contributed by atoms with E-state index >= 15 is 0 Å². The number of carbonyl (C=O) groups is 1. The fourth-order valence-electron chi connectivity index (χ4n) is 4.37. The largest absolute Gasteiger partial charge is 0.451 e. The highest BCUT2D eigenvalue weighted by Gasteiger charge is 2.26. The van der Waals surface area contributed by atoms with Gasteiger partial charge in [0.05, 0.1) is 0 Å². The topological polar surface area (TPSA) is 68.3 Å². The number of rotatable bonds is 5. The van der Waals surface area contributed by atoms with Gasteiger partial charge in [0, 0.05) is 34.0 Å². The molecule has 0 radical (unpaired) electrons. The van der Waals surface area contributed by atoms with E-state index in [4.69, 9.17) is 10.2 Å². The van der Waals surface area contributed by atoms with Gasteiger partial charge in [-0.2, -0.15) is 11.8 Å². The molecule has 154 valence electrons. The molecule has 6 heteroatoms. The van der Waals surface area contributed by atoms with Gasteiger partial charge in [-0.05, 0) is 44.6 Å². The molecule has 2 saturated carbocycles. The Hall–Kier alpha value is -1.17. The quantitative estimate of drug-likeness (QED) is 0.674. The van der Waals surface area contributed by atoms with Gasteiger partial charge in [-0.15, -0.1) is 12.4 Å². The van der Waals surface area contributed by atoms with Crippen molar-refractivity contribution >= 4 is 41.0 Å². The van der Waals surface area contributed by atoms with E-state index in [-0.39, 0.29) is 30.4 Å². The molecular formula is C22H31ClN2O2S.